The monoisotopic (exact) mass is 382 g/mol. The number of hydrogen-bond acceptors (Lipinski definition) is 3. The Balaban J connectivity index is 2.71. The normalized spacial score (nSPS) is 10.2. The molecule has 0 aliphatic carbocycles. The molecule has 19 heavy (non-hydrogen) atoms. The van der Waals surface area contributed by atoms with Crippen molar-refractivity contribution in [1.82, 2.24) is 0 Å². The highest BCUT2D eigenvalue weighted by atomic mass is 79.9. The van der Waals surface area contributed by atoms with Crippen molar-refractivity contribution in [2.45, 2.75) is 0 Å². The van der Waals surface area contributed by atoms with E-state index >= 15 is 0 Å². The predicted octanol–water partition coefficient (Wildman–Crippen LogP) is 4.13. The lowest BCUT2D eigenvalue weighted by atomic mass is 9.98. The molecule has 0 spiro atoms. The molecule has 0 aliphatic rings. The second kappa shape index (κ2) is 5.67. The third-order valence-corrected chi connectivity index (χ3v) is 3.49. The summed E-state index contributed by atoms with van der Waals surface area (Å²) in [6.07, 6.45) is 0. The van der Waals surface area contributed by atoms with Gasteiger partial charge in [-0.1, -0.05) is 30.3 Å². The molecular weight excluding hydrogens is 376 g/mol. The maximum atomic E-state index is 11.6. The van der Waals surface area contributed by atoms with E-state index in [2.05, 4.69) is 31.9 Å². The van der Waals surface area contributed by atoms with E-state index in [9.17, 15) is 14.7 Å². The molecule has 0 aliphatic heterocycles. The average molecular weight is 384 g/mol. The zero-order valence-electron chi connectivity index (χ0n) is 9.56. The fourth-order valence-corrected chi connectivity index (χ4v) is 2.54. The average Bonchev–Trinajstić information content (AvgIpc) is 2.38. The molecule has 0 aromatic heterocycles. The summed E-state index contributed by atoms with van der Waals surface area (Å²) in [5, 5.41) is 10.2. The first kappa shape index (κ1) is 14.0. The van der Waals surface area contributed by atoms with E-state index in [1.165, 1.54) is 6.07 Å². The van der Waals surface area contributed by atoms with Gasteiger partial charge in [0.25, 0.3) is 0 Å². The first-order valence-electron chi connectivity index (χ1n) is 5.33. The molecule has 0 radical (unpaired) electrons. The molecule has 0 atom stereocenters. The Morgan fingerprint density at radius 1 is 0.895 bits per heavy atom. The summed E-state index contributed by atoms with van der Waals surface area (Å²) in [5.74, 6) is -0.210. The van der Waals surface area contributed by atoms with Gasteiger partial charge >= 0.3 is 0 Å². The first-order chi connectivity index (χ1) is 9.02. The molecule has 3 nitrogen and oxygen atoms in total. The van der Waals surface area contributed by atoms with Gasteiger partial charge < -0.3 is 5.11 Å². The lowest BCUT2D eigenvalue weighted by Gasteiger charge is -2.10. The zero-order chi connectivity index (χ0) is 14.0. The number of aromatic hydroxyl groups is 1. The number of carbonyl (C=O) groups excluding carboxylic acids is 2. The van der Waals surface area contributed by atoms with Crippen LogP contribution in [0.3, 0.4) is 0 Å². The minimum Gasteiger partial charge on any atom is -0.506 e. The van der Waals surface area contributed by atoms with Crippen molar-refractivity contribution in [3.63, 3.8) is 0 Å². The fourth-order valence-electron chi connectivity index (χ4n) is 1.80. The van der Waals surface area contributed by atoms with Crippen LogP contribution in [0.4, 0.5) is 0 Å². The van der Waals surface area contributed by atoms with Crippen molar-refractivity contribution in [2.75, 3.05) is 0 Å². The van der Waals surface area contributed by atoms with Crippen LogP contribution in [0, 0.1) is 0 Å². The molecular formula is C14H8Br2O3. The van der Waals surface area contributed by atoms with Crippen molar-refractivity contribution in [3.05, 3.63) is 53.6 Å². The van der Waals surface area contributed by atoms with Crippen LogP contribution >= 0.6 is 31.9 Å². The maximum absolute atomic E-state index is 11.6. The molecule has 1 N–H and O–H groups in total. The smallest absolute Gasteiger partial charge is 0.232 e. The molecule has 2 rings (SSSR count). The van der Waals surface area contributed by atoms with Gasteiger partial charge in [0.15, 0.2) is 0 Å². The number of rotatable bonds is 3. The quantitative estimate of drug-likeness (QED) is 0.810. The van der Waals surface area contributed by atoms with Gasteiger partial charge in [-0.3, -0.25) is 9.59 Å². The summed E-state index contributed by atoms with van der Waals surface area (Å²) < 4.78 is -0.990. The molecule has 0 amide bonds. The van der Waals surface area contributed by atoms with E-state index in [1.807, 2.05) is 30.3 Å². The van der Waals surface area contributed by atoms with Crippen LogP contribution in [0.2, 0.25) is 0 Å². The minimum absolute atomic E-state index is 0.0387. The number of phenols is 1. The molecule has 96 valence electrons. The van der Waals surface area contributed by atoms with Crippen molar-refractivity contribution in [2.24, 2.45) is 0 Å². The van der Waals surface area contributed by atoms with Gasteiger partial charge in [-0.15, -0.1) is 0 Å². The van der Waals surface area contributed by atoms with Gasteiger partial charge in [0, 0.05) is 11.1 Å². The van der Waals surface area contributed by atoms with Crippen LogP contribution in [-0.4, -0.2) is 14.5 Å². The van der Waals surface area contributed by atoms with Crippen LogP contribution in [0.15, 0.2) is 42.5 Å². The Morgan fingerprint density at radius 3 is 2.05 bits per heavy atom. The van der Waals surface area contributed by atoms with Gasteiger partial charge in [-0.05, 0) is 49.6 Å². The summed E-state index contributed by atoms with van der Waals surface area (Å²) in [5.41, 5.74) is 1.35. The highest BCUT2D eigenvalue weighted by Crippen LogP contribution is 2.36. The van der Waals surface area contributed by atoms with Crippen LogP contribution in [0.25, 0.3) is 11.1 Å². The fraction of sp³-hybridized carbons (Fsp3) is 0. The van der Waals surface area contributed by atoms with Crippen molar-refractivity contribution in [1.29, 1.82) is 0 Å². The topological polar surface area (TPSA) is 54.4 Å². The van der Waals surface area contributed by atoms with E-state index in [-0.39, 0.29) is 16.9 Å². The third-order valence-electron chi connectivity index (χ3n) is 2.67. The molecule has 2 aromatic carbocycles. The SMILES string of the molecule is O=C(Br)c1ccc(-c2ccccc2)c(O)c1C(=O)Br. The highest BCUT2D eigenvalue weighted by Gasteiger charge is 2.21. The van der Waals surface area contributed by atoms with Gasteiger partial charge in [-0.2, -0.15) is 0 Å². The minimum atomic E-state index is -0.536. The Hall–Kier alpha value is -1.46. The molecule has 5 heteroatoms. The molecule has 0 saturated carbocycles. The van der Waals surface area contributed by atoms with E-state index in [0.29, 0.717) is 5.56 Å². The van der Waals surface area contributed by atoms with Gasteiger partial charge in [0.2, 0.25) is 9.39 Å². The van der Waals surface area contributed by atoms with Gasteiger partial charge in [0.1, 0.15) is 5.75 Å². The van der Waals surface area contributed by atoms with Crippen LogP contribution in [-0.2, 0) is 0 Å². The van der Waals surface area contributed by atoms with Crippen LogP contribution in [0.5, 0.6) is 5.75 Å². The van der Waals surface area contributed by atoms with E-state index in [0.717, 1.165) is 5.56 Å². The largest absolute Gasteiger partial charge is 0.506 e. The van der Waals surface area contributed by atoms with E-state index < -0.39 is 9.39 Å². The molecule has 0 fully saturated rings. The zero-order valence-corrected chi connectivity index (χ0v) is 12.7. The van der Waals surface area contributed by atoms with Crippen molar-refractivity contribution in [3.8, 4) is 16.9 Å². The molecule has 0 bridgehead atoms. The Kier molecular flexibility index (Phi) is 4.17. The second-order valence-electron chi connectivity index (χ2n) is 3.80. The Labute approximate surface area is 126 Å². The molecule has 0 unspecified atom stereocenters. The number of halogens is 2. The molecule has 0 heterocycles. The number of hydrogen-bond donors (Lipinski definition) is 1. The van der Waals surface area contributed by atoms with Gasteiger partial charge in [0.05, 0.1) is 5.56 Å². The number of phenolic OH excluding ortho intramolecular Hbond substituents is 1. The standard InChI is InChI=1S/C14H8Br2O3/c15-13(18)10-7-6-9(8-4-2-1-3-5-8)12(17)11(10)14(16)19/h1-7,17H. The Bertz CT molecular complexity index is 651. The van der Waals surface area contributed by atoms with Crippen LogP contribution < -0.4 is 0 Å². The second-order valence-corrected chi connectivity index (χ2v) is 5.24. The van der Waals surface area contributed by atoms with Crippen molar-refractivity contribution >= 4 is 41.2 Å². The summed E-state index contributed by atoms with van der Waals surface area (Å²) >= 11 is 5.58. The maximum Gasteiger partial charge on any atom is 0.232 e. The Morgan fingerprint density at radius 2 is 1.53 bits per heavy atom. The summed E-state index contributed by atoms with van der Waals surface area (Å²) in [6, 6.07) is 12.3. The molecule has 0 saturated heterocycles. The summed E-state index contributed by atoms with van der Waals surface area (Å²) in [4.78, 5) is 23.0. The van der Waals surface area contributed by atoms with E-state index in [1.54, 1.807) is 6.07 Å². The lowest BCUT2D eigenvalue weighted by molar-refractivity contribution is 0.106. The molecule has 2 aromatic rings. The number of carbonyl (C=O) groups is 2. The number of benzene rings is 2. The third kappa shape index (κ3) is 2.77. The predicted molar refractivity (Wildman–Crippen MR) is 80.1 cm³/mol. The van der Waals surface area contributed by atoms with Crippen molar-refractivity contribution < 1.29 is 14.7 Å². The summed E-state index contributed by atoms with van der Waals surface area (Å²) in [7, 11) is 0. The van der Waals surface area contributed by atoms with Crippen LogP contribution in [0.1, 0.15) is 20.7 Å². The first-order valence-corrected chi connectivity index (χ1v) is 6.92. The highest BCUT2D eigenvalue weighted by molar-refractivity contribution is 9.18. The van der Waals surface area contributed by atoms with E-state index in [4.69, 9.17) is 0 Å². The summed E-state index contributed by atoms with van der Waals surface area (Å²) in [6.45, 7) is 0. The van der Waals surface area contributed by atoms with Gasteiger partial charge in [-0.25, -0.2) is 0 Å². The lowest BCUT2D eigenvalue weighted by Crippen LogP contribution is -2.01.